The van der Waals surface area contributed by atoms with E-state index in [2.05, 4.69) is 10.0 Å². The summed E-state index contributed by atoms with van der Waals surface area (Å²) in [4.78, 5) is 24.6. The van der Waals surface area contributed by atoms with Gasteiger partial charge in [0.25, 0.3) is 5.91 Å². The molecule has 2 N–H and O–H groups in total. The predicted octanol–water partition coefficient (Wildman–Crippen LogP) is 3.88. The molecule has 7 nitrogen and oxygen atoms in total. The van der Waals surface area contributed by atoms with Crippen LogP contribution in [0.1, 0.15) is 12.0 Å². The highest BCUT2D eigenvalue weighted by Crippen LogP contribution is 2.20. The molecule has 0 fully saturated rings. The van der Waals surface area contributed by atoms with Gasteiger partial charge in [0.05, 0.1) is 4.90 Å². The monoisotopic (exact) mass is 504 g/mol. The quantitative estimate of drug-likeness (QED) is 0.476. The average molecular weight is 505 g/mol. The molecule has 0 aliphatic rings. The highest BCUT2D eigenvalue weighted by molar-refractivity contribution is 7.98. The van der Waals surface area contributed by atoms with Crippen LogP contribution in [0.25, 0.3) is 0 Å². The van der Waals surface area contributed by atoms with Crippen LogP contribution in [0.4, 0.5) is 5.69 Å². The number of nitrogens with one attached hydrogen (secondary N) is 2. The number of esters is 1. The molecule has 0 unspecified atom stereocenters. The SMILES string of the molecule is CSCC[C@H](NS(=O)(=O)c1ccc(Cl)cc1)C(=O)OCC(=O)Nc1cc(Cl)ccc1C. The summed E-state index contributed by atoms with van der Waals surface area (Å²) >= 11 is 13.2. The summed E-state index contributed by atoms with van der Waals surface area (Å²) in [5.41, 5.74) is 1.29. The van der Waals surface area contributed by atoms with Crippen LogP contribution in [-0.4, -0.2) is 45.0 Å². The van der Waals surface area contributed by atoms with Crippen LogP contribution in [0, 0.1) is 6.92 Å². The maximum atomic E-state index is 12.6. The van der Waals surface area contributed by atoms with E-state index in [1.807, 2.05) is 6.26 Å². The van der Waals surface area contributed by atoms with Crippen molar-refractivity contribution in [1.29, 1.82) is 0 Å². The van der Waals surface area contributed by atoms with Crippen LogP contribution >= 0.6 is 35.0 Å². The van der Waals surface area contributed by atoms with Crippen molar-refractivity contribution < 1.29 is 22.7 Å². The summed E-state index contributed by atoms with van der Waals surface area (Å²) < 4.78 is 32.6. The number of anilines is 1. The Morgan fingerprint density at radius 1 is 1.10 bits per heavy atom. The van der Waals surface area contributed by atoms with Gasteiger partial charge < -0.3 is 10.1 Å². The van der Waals surface area contributed by atoms with E-state index in [9.17, 15) is 18.0 Å². The molecule has 2 aromatic rings. The van der Waals surface area contributed by atoms with Crippen molar-refractivity contribution in [2.24, 2.45) is 0 Å². The highest BCUT2D eigenvalue weighted by Gasteiger charge is 2.27. The maximum Gasteiger partial charge on any atom is 0.324 e. The first-order chi connectivity index (χ1) is 14.6. The van der Waals surface area contributed by atoms with Crippen LogP contribution in [-0.2, 0) is 24.3 Å². The largest absolute Gasteiger partial charge is 0.454 e. The third-order valence-electron chi connectivity index (χ3n) is 4.14. The Labute approximate surface area is 195 Å². The van der Waals surface area contributed by atoms with Gasteiger partial charge in [-0.2, -0.15) is 16.5 Å². The van der Waals surface area contributed by atoms with Gasteiger partial charge in [-0.1, -0.05) is 29.3 Å². The van der Waals surface area contributed by atoms with Crippen molar-refractivity contribution in [3.05, 3.63) is 58.1 Å². The molecule has 0 saturated carbocycles. The van der Waals surface area contributed by atoms with E-state index < -0.39 is 34.5 Å². The molecule has 2 aromatic carbocycles. The fourth-order valence-corrected chi connectivity index (χ4v) is 4.47. The summed E-state index contributed by atoms with van der Waals surface area (Å²) in [5, 5.41) is 3.45. The number of aryl methyl sites for hydroxylation is 1. The zero-order chi connectivity index (χ0) is 23.0. The maximum absolute atomic E-state index is 12.6. The highest BCUT2D eigenvalue weighted by atomic mass is 35.5. The van der Waals surface area contributed by atoms with Gasteiger partial charge in [-0.15, -0.1) is 0 Å². The summed E-state index contributed by atoms with van der Waals surface area (Å²) in [6.45, 7) is 1.23. The molecule has 0 saturated heterocycles. The minimum absolute atomic E-state index is 0.0342. The van der Waals surface area contributed by atoms with E-state index in [1.54, 1.807) is 25.1 Å². The number of rotatable bonds is 10. The van der Waals surface area contributed by atoms with E-state index in [-0.39, 0.29) is 11.3 Å². The molecule has 0 bridgehead atoms. The molecule has 0 spiro atoms. The summed E-state index contributed by atoms with van der Waals surface area (Å²) in [7, 11) is -3.98. The van der Waals surface area contributed by atoms with Crippen molar-refractivity contribution in [1.82, 2.24) is 4.72 Å². The number of ether oxygens (including phenoxy) is 1. The normalized spacial score (nSPS) is 12.3. The van der Waals surface area contributed by atoms with Crippen LogP contribution in [0.2, 0.25) is 10.0 Å². The third-order valence-corrected chi connectivity index (χ3v) is 6.75. The van der Waals surface area contributed by atoms with E-state index >= 15 is 0 Å². The molecule has 168 valence electrons. The first kappa shape index (κ1) is 25.5. The zero-order valence-electron chi connectivity index (χ0n) is 16.9. The second-order valence-electron chi connectivity index (χ2n) is 6.52. The van der Waals surface area contributed by atoms with E-state index in [4.69, 9.17) is 27.9 Å². The van der Waals surface area contributed by atoms with E-state index in [0.717, 1.165) is 5.56 Å². The van der Waals surface area contributed by atoms with Gasteiger partial charge in [-0.05, 0) is 67.3 Å². The van der Waals surface area contributed by atoms with Crippen molar-refractivity contribution in [3.8, 4) is 0 Å². The van der Waals surface area contributed by atoms with Crippen LogP contribution in [0.3, 0.4) is 0 Å². The molecular weight excluding hydrogens is 483 g/mol. The number of hydrogen-bond donors (Lipinski definition) is 2. The first-order valence-corrected chi connectivity index (χ1v) is 12.7. The van der Waals surface area contributed by atoms with Crippen LogP contribution < -0.4 is 10.0 Å². The molecule has 31 heavy (non-hydrogen) atoms. The number of sulfonamides is 1. The lowest BCUT2D eigenvalue weighted by Crippen LogP contribution is -2.43. The van der Waals surface area contributed by atoms with E-state index in [1.165, 1.54) is 36.0 Å². The summed E-state index contributed by atoms with van der Waals surface area (Å²) in [6, 6.07) is 9.42. The molecule has 0 aliphatic heterocycles. The van der Waals surface area contributed by atoms with Gasteiger partial charge in [-0.25, -0.2) is 8.42 Å². The fraction of sp³-hybridized carbons (Fsp3) is 0.300. The Balaban J connectivity index is 2.02. The standard InChI is InChI=1S/C20H22Cl2N2O5S2/c1-13-3-4-15(22)11-18(13)23-19(25)12-29-20(26)17(9-10-30-2)24-31(27,28)16-7-5-14(21)6-8-16/h3-8,11,17,24H,9-10,12H2,1-2H3,(H,23,25)/t17-/m0/s1. The van der Waals surface area contributed by atoms with Crippen molar-refractivity contribution in [2.75, 3.05) is 23.9 Å². The summed E-state index contributed by atoms with van der Waals surface area (Å²) in [5.74, 6) is -0.899. The number of benzene rings is 2. The molecular formula is C20H22Cl2N2O5S2. The van der Waals surface area contributed by atoms with Crippen molar-refractivity contribution in [2.45, 2.75) is 24.3 Å². The molecule has 1 amide bonds. The lowest BCUT2D eigenvalue weighted by atomic mass is 10.2. The van der Waals surface area contributed by atoms with Crippen molar-refractivity contribution in [3.63, 3.8) is 0 Å². The van der Waals surface area contributed by atoms with Crippen LogP contribution in [0.5, 0.6) is 0 Å². The van der Waals surface area contributed by atoms with Crippen LogP contribution in [0.15, 0.2) is 47.4 Å². The summed E-state index contributed by atoms with van der Waals surface area (Å²) in [6.07, 6.45) is 2.03. The van der Waals surface area contributed by atoms with Gasteiger partial charge in [0.1, 0.15) is 6.04 Å². The van der Waals surface area contributed by atoms with Gasteiger partial charge in [0.15, 0.2) is 6.61 Å². The molecule has 0 radical (unpaired) electrons. The predicted molar refractivity (Wildman–Crippen MR) is 124 cm³/mol. The zero-order valence-corrected chi connectivity index (χ0v) is 20.0. The van der Waals surface area contributed by atoms with Gasteiger partial charge in [0.2, 0.25) is 10.0 Å². The molecule has 0 aliphatic carbocycles. The number of amides is 1. The Morgan fingerprint density at radius 3 is 2.39 bits per heavy atom. The molecule has 11 heteroatoms. The third kappa shape index (κ3) is 8.01. The Kier molecular flexibility index (Phi) is 9.64. The minimum atomic E-state index is -3.98. The molecule has 0 heterocycles. The Hall–Kier alpha value is -1.78. The average Bonchev–Trinajstić information content (AvgIpc) is 2.72. The van der Waals surface area contributed by atoms with E-state index in [0.29, 0.717) is 21.5 Å². The van der Waals surface area contributed by atoms with Gasteiger partial charge in [-0.3, -0.25) is 9.59 Å². The lowest BCUT2D eigenvalue weighted by molar-refractivity contribution is -0.149. The number of hydrogen-bond acceptors (Lipinski definition) is 6. The molecule has 2 rings (SSSR count). The molecule has 1 atom stereocenters. The Bertz CT molecular complexity index is 1030. The smallest absolute Gasteiger partial charge is 0.324 e. The number of halogens is 2. The number of carbonyl (C=O) groups is 2. The second kappa shape index (κ2) is 11.7. The van der Waals surface area contributed by atoms with Gasteiger partial charge in [0, 0.05) is 15.7 Å². The molecule has 0 aromatic heterocycles. The number of carbonyl (C=O) groups excluding carboxylic acids is 2. The lowest BCUT2D eigenvalue weighted by Gasteiger charge is -2.17. The van der Waals surface area contributed by atoms with Gasteiger partial charge >= 0.3 is 5.97 Å². The first-order valence-electron chi connectivity index (χ1n) is 9.12. The number of thioether (sulfide) groups is 1. The van der Waals surface area contributed by atoms with Crippen molar-refractivity contribution >= 4 is 62.6 Å². The fourth-order valence-electron chi connectivity index (χ4n) is 2.48. The Morgan fingerprint density at radius 2 is 1.74 bits per heavy atom. The minimum Gasteiger partial charge on any atom is -0.454 e. The topological polar surface area (TPSA) is 102 Å². The second-order valence-corrected chi connectivity index (χ2v) is 10.1.